The number of hydrogen-bond acceptors (Lipinski definition) is 1. The van der Waals surface area contributed by atoms with Gasteiger partial charge in [0.05, 0.1) is 0 Å². The predicted octanol–water partition coefficient (Wildman–Crippen LogP) is 4.65. The molecule has 0 saturated heterocycles. The second-order valence-corrected chi connectivity index (χ2v) is 5.88. The van der Waals surface area contributed by atoms with E-state index in [9.17, 15) is 4.39 Å². The molecule has 0 aliphatic heterocycles. The first-order chi connectivity index (χ1) is 9.61. The highest BCUT2D eigenvalue weighted by atomic mass is 79.9. The van der Waals surface area contributed by atoms with Crippen molar-refractivity contribution in [3.63, 3.8) is 0 Å². The molecule has 2 N–H and O–H groups in total. The maximum absolute atomic E-state index is 13.3. The molecule has 0 aromatic heterocycles. The van der Waals surface area contributed by atoms with Gasteiger partial charge in [0.1, 0.15) is 5.82 Å². The van der Waals surface area contributed by atoms with Gasteiger partial charge in [-0.05, 0) is 48.1 Å². The van der Waals surface area contributed by atoms with Crippen LogP contribution in [0.3, 0.4) is 0 Å². The highest BCUT2D eigenvalue weighted by molar-refractivity contribution is 9.10. The minimum atomic E-state index is -0.219. The van der Waals surface area contributed by atoms with Crippen LogP contribution in [0.25, 0.3) is 0 Å². The summed E-state index contributed by atoms with van der Waals surface area (Å²) in [6.07, 6.45) is 1.63. The van der Waals surface area contributed by atoms with Gasteiger partial charge in [-0.1, -0.05) is 53.2 Å². The van der Waals surface area contributed by atoms with E-state index in [1.54, 1.807) is 12.1 Å². The molecule has 0 fully saturated rings. The Bertz CT molecular complexity index is 556. The summed E-state index contributed by atoms with van der Waals surface area (Å²) < 4.78 is 14.3. The quantitative estimate of drug-likeness (QED) is 0.845. The summed E-state index contributed by atoms with van der Waals surface area (Å²) in [5, 5.41) is 0. The standard InChI is InChI=1S/C17H19BrFN/c1-2-15(12-6-4-3-5-7-12)17(20)11-13-10-14(19)8-9-16(13)18/h3-10,15,17H,2,11,20H2,1H3. The van der Waals surface area contributed by atoms with Crippen LogP contribution in [0.1, 0.15) is 30.4 Å². The Morgan fingerprint density at radius 1 is 1.15 bits per heavy atom. The lowest BCUT2D eigenvalue weighted by Gasteiger charge is -2.23. The van der Waals surface area contributed by atoms with E-state index in [4.69, 9.17) is 5.73 Å². The van der Waals surface area contributed by atoms with E-state index in [1.165, 1.54) is 11.6 Å². The fourth-order valence-corrected chi connectivity index (χ4v) is 2.99. The summed E-state index contributed by atoms with van der Waals surface area (Å²) in [6.45, 7) is 2.14. The second-order valence-electron chi connectivity index (χ2n) is 5.03. The number of benzene rings is 2. The Morgan fingerprint density at radius 3 is 2.50 bits per heavy atom. The lowest BCUT2D eigenvalue weighted by molar-refractivity contribution is 0.512. The maximum Gasteiger partial charge on any atom is 0.123 e. The normalized spacial score (nSPS) is 14.0. The van der Waals surface area contributed by atoms with E-state index >= 15 is 0 Å². The number of nitrogens with two attached hydrogens (primary N) is 1. The first-order valence-electron chi connectivity index (χ1n) is 6.86. The molecular weight excluding hydrogens is 317 g/mol. The van der Waals surface area contributed by atoms with Crippen LogP contribution < -0.4 is 5.73 Å². The fraction of sp³-hybridized carbons (Fsp3) is 0.294. The van der Waals surface area contributed by atoms with Gasteiger partial charge >= 0.3 is 0 Å². The first-order valence-corrected chi connectivity index (χ1v) is 7.65. The largest absolute Gasteiger partial charge is 0.327 e. The molecule has 0 aliphatic rings. The van der Waals surface area contributed by atoms with Crippen LogP contribution in [0.2, 0.25) is 0 Å². The third-order valence-electron chi connectivity index (χ3n) is 3.65. The van der Waals surface area contributed by atoms with Gasteiger partial charge in [0.15, 0.2) is 0 Å². The smallest absolute Gasteiger partial charge is 0.123 e. The van der Waals surface area contributed by atoms with Crippen LogP contribution in [-0.2, 0) is 6.42 Å². The zero-order valence-corrected chi connectivity index (χ0v) is 13.1. The molecule has 0 radical (unpaired) electrons. The van der Waals surface area contributed by atoms with Gasteiger partial charge in [-0.25, -0.2) is 4.39 Å². The SMILES string of the molecule is CCC(c1ccccc1)C(N)Cc1cc(F)ccc1Br. The molecule has 2 aromatic rings. The van der Waals surface area contributed by atoms with Gasteiger partial charge in [-0.3, -0.25) is 0 Å². The van der Waals surface area contributed by atoms with Crippen LogP contribution in [0, 0.1) is 5.82 Å². The summed E-state index contributed by atoms with van der Waals surface area (Å²) in [6, 6.07) is 15.0. The summed E-state index contributed by atoms with van der Waals surface area (Å²) in [7, 11) is 0. The molecule has 0 bridgehead atoms. The van der Waals surface area contributed by atoms with Crippen molar-refractivity contribution >= 4 is 15.9 Å². The van der Waals surface area contributed by atoms with Crippen molar-refractivity contribution in [3.8, 4) is 0 Å². The minimum absolute atomic E-state index is 0.0273. The maximum atomic E-state index is 13.3. The summed E-state index contributed by atoms with van der Waals surface area (Å²) in [4.78, 5) is 0. The van der Waals surface area contributed by atoms with E-state index in [-0.39, 0.29) is 17.8 Å². The second kappa shape index (κ2) is 7.00. The Hall–Kier alpha value is -1.19. The Balaban J connectivity index is 2.17. The molecule has 20 heavy (non-hydrogen) atoms. The lowest BCUT2D eigenvalue weighted by atomic mass is 9.86. The van der Waals surface area contributed by atoms with Crippen molar-refractivity contribution in [2.75, 3.05) is 0 Å². The van der Waals surface area contributed by atoms with Crippen molar-refractivity contribution in [3.05, 3.63) is 69.9 Å². The van der Waals surface area contributed by atoms with Crippen LogP contribution in [0.4, 0.5) is 4.39 Å². The minimum Gasteiger partial charge on any atom is -0.327 e. The molecular formula is C17H19BrFN. The average molecular weight is 336 g/mol. The van der Waals surface area contributed by atoms with Crippen LogP contribution in [0.5, 0.6) is 0 Å². The van der Waals surface area contributed by atoms with Crippen molar-refractivity contribution in [1.82, 2.24) is 0 Å². The highest BCUT2D eigenvalue weighted by Gasteiger charge is 2.19. The number of rotatable bonds is 5. The van der Waals surface area contributed by atoms with Gasteiger partial charge in [-0.15, -0.1) is 0 Å². The molecule has 2 unspecified atom stereocenters. The molecule has 2 atom stereocenters. The van der Waals surface area contributed by atoms with Gasteiger partial charge in [-0.2, -0.15) is 0 Å². The molecule has 2 aromatic carbocycles. The third kappa shape index (κ3) is 3.68. The molecule has 1 nitrogen and oxygen atoms in total. The molecule has 106 valence electrons. The van der Waals surface area contributed by atoms with Gasteiger partial charge in [0.25, 0.3) is 0 Å². The predicted molar refractivity (Wildman–Crippen MR) is 85.3 cm³/mol. The topological polar surface area (TPSA) is 26.0 Å². The van der Waals surface area contributed by atoms with Crippen molar-refractivity contribution in [2.45, 2.75) is 31.7 Å². The lowest BCUT2D eigenvalue weighted by Crippen LogP contribution is -2.30. The van der Waals surface area contributed by atoms with Crippen LogP contribution in [0.15, 0.2) is 53.0 Å². The highest BCUT2D eigenvalue weighted by Crippen LogP contribution is 2.27. The molecule has 0 aliphatic carbocycles. The molecule has 2 rings (SSSR count). The molecule has 0 spiro atoms. The Labute approximate surface area is 128 Å². The van der Waals surface area contributed by atoms with Crippen LogP contribution in [-0.4, -0.2) is 6.04 Å². The zero-order valence-electron chi connectivity index (χ0n) is 11.5. The fourth-order valence-electron chi connectivity index (χ4n) is 2.58. The van der Waals surface area contributed by atoms with E-state index in [0.29, 0.717) is 6.42 Å². The third-order valence-corrected chi connectivity index (χ3v) is 4.42. The summed E-state index contributed by atoms with van der Waals surface area (Å²) >= 11 is 3.46. The van der Waals surface area contributed by atoms with Gasteiger partial charge in [0.2, 0.25) is 0 Å². The summed E-state index contributed by atoms with van der Waals surface area (Å²) in [5.74, 6) is 0.0644. The molecule has 0 amide bonds. The Kier molecular flexibility index (Phi) is 5.32. The van der Waals surface area contributed by atoms with Gasteiger partial charge in [0, 0.05) is 10.5 Å². The van der Waals surface area contributed by atoms with Crippen molar-refractivity contribution < 1.29 is 4.39 Å². The molecule has 0 heterocycles. The molecule has 3 heteroatoms. The molecule has 0 saturated carbocycles. The van der Waals surface area contributed by atoms with E-state index in [0.717, 1.165) is 16.5 Å². The number of hydrogen-bond donors (Lipinski definition) is 1. The summed E-state index contributed by atoms with van der Waals surface area (Å²) in [5.41, 5.74) is 8.54. The zero-order chi connectivity index (χ0) is 14.5. The van der Waals surface area contributed by atoms with Crippen molar-refractivity contribution in [1.29, 1.82) is 0 Å². The first kappa shape index (κ1) is 15.2. The van der Waals surface area contributed by atoms with E-state index < -0.39 is 0 Å². The van der Waals surface area contributed by atoms with E-state index in [1.807, 2.05) is 18.2 Å². The van der Waals surface area contributed by atoms with Gasteiger partial charge < -0.3 is 5.73 Å². The van der Waals surface area contributed by atoms with Crippen molar-refractivity contribution in [2.24, 2.45) is 5.73 Å². The number of halogens is 2. The average Bonchev–Trinajstić information content (AvgIpc) is 2.45. The monoisotopic (exact) mass is 335 g/mol. The van der Waals surface area contributed by atoms with Crippen LogP contribution >= 0.6 is 15.9 Å². The Morgan fingerprint density at radius 2 is 1.85 bits per heavy atom. The van der Waals surface area contributed by atoms with E-state index in [2.05, 4.69) is 35.0 Å².